The molecule has 0 spiro atoms. The Morgan fingerprint density at radius 2 is 1.15 bits per heavy atom. The van der Waals surface area contributed by atoms with E-state index in [-0.39, 0.29) is 6.71 Å². The highest BCUT2D eigenvalue weighted by molar-refractivity contribution is 7.01. The summed E-state index contributed by atoms with van der Waals surface area (Å²) in [4.78, 5) is 2.54. The molecule has 2 aliphatic heterocycles. The summed E-state index contributed by atoms with van der Waals surface area (Å²) in [6.07, 6.45) is 0. The van der Waals surface area contributed by atoms with Gasteiger partial charge in [0.05, 0.1) is 11.0 Å². The second-order valence-electron chi connectivity index (χ2n) is 11.5. The molecule has 6 aromatic carbocycles. The van der Waals surface area contributed by atoms with Crippen LogP contribution in [0.2, 0.25) is 0 Å². The molecule has 2 nitrogen and oxygen atoms in total. The molecule has 0 atom stereocenters. The summed E-state index contributed by atoms with van der Waals surface area (Å²) < 4.78 is 2.46. The van der Waals surface area contributed by atoms with Crippen molar-refractivity contribution < 1.29 is 0 Å². The molecular formula is C38H27BN2. The Morgan fingerprint density at radius 1 is 0.512 bits per heavy atom. The number of anilines is 3. The summed E-state index contributed by atoms with van der Waals surface area (Å²) in [5.74, 6) is 0. The van der Waals surface area contributed by atoms with Crippen molar-refractivity contribution in [1.29, 1.82) is 0 Å². The molecule has 192 valence electrons. The molecule has 3 heteroatoms. The zero-order valence-corrected chi connectivity index (χ0v) is 23.1. The normalized spacial score (nSPS) is 13.0. The van der Waals surface area contributed by atoms with Crippen LogP contribution in [0.1, 0.15) is 11.1 Å². The third-order valence-electron chi connectivity index (χ3n) is 9.23. The highest BCUT2D eigenvalue weighted by Crippen LogP contribution is 2.44. The number of para-hydroxylation sites is 4. The van der Waals surface area contributed by atoms with Crippen molar-refractivity contribution in [2.45, 2.75) is 13.8 Å². The molecule has 1 aromatic heterocycles. The molecule has 0 bridgehead atoms. The van der Waals surface area contributed by atoms with Crippen LogP contribution in [-0.2, 0) is 0 Å². The summed E-state index contributed by atoms with van der Waals surface area (Å²) in [5, 5.41) is 2.57. The molecule has 9 rings (SSSR count). The Kier molecular flexibility index (Phi) is 4.58. The van der Waals surface area contributed by atoms with E-state index in [1.54, 1.807) is 0 Å². The summed E-state index contributed by atoms with van der Waals surface area (Å²) in [6.45, 7) is 4.71. The molecular weight excluding hydrogens is 495 g/mol. The van der Waals surface area contributed by atoms with Gasteiger partial charge in [0, 0.05) is 33.5 Å². The Labute approximate surface area is 240 Å². The maximum atomic E-state index is 2.54. The van der Waals surface area contributed by atoms with Crippen LogP contribution in [0.15, 0.2) is 127 Å². The fourth-order valence-electron chi connectivity index (χ4n) is 7.54. The third kappa shape index (κ3) is 2.98. The first kappa shape index (κ1) is 22.8. The first-order valence-corrected chi connectivity index (χ1v) is 14.4. The number of hydrogen-bond acceptors (Lipinski definition) is 1. The number of aryl methyl sites for hydroxylation is 2. The van der Waals surface area contributed by atoms with Gasteiger partial charge in [-0.2, -0.15) is 0 Å². The molecule has 3 heterocycles. The number of fused-ring (bicyclic) bond motifs is 8. The van der Waals surface area contributed by atoms with Crippen LogP contribution in [0.4, 0.5) is 17.1 Å². The minimum absolute atomic E-state index is 0.221. The Balaban J connectivity index is 1.45. The van der Waals surface area contributed by atoms with Crippen LogP contribution in [-0.4, -0.2) is 11.3 Å². The van der Waals surface area contributed by atoms with E-state index in [1.165, 1.54) is 83.2 Å². The quantitative estimate of drug-likeness (QED) is 0.212. The topological polar surface area (TPSA) is 8.17 Å². The van der Waals surface area contributed by atoms with Crippen LogP contribution in [0.5, 0.6) is 0 Å². The summed E-state index contributed by atoms with van der Waals surface area (Å²) in [7, 11) is 0. The molecule has 0 amide bonds. The molecule has 0 fully saturated rings. The van der Waals surface area contributed by atoms with Crippen molar-refractivity contribution in [3.63, 3.8) is 0 Å². The molecule has 41 heavy (non-hydrogen) atoms. The molecule has 0 saturated heterocycles. The highest BCUT2D eigenvalue weighted by Gasteiger charge is 2.43. The van der Waals surface area contributed by atoms with Gasteiger partial charge in [0.25, 0.3) is 0 Å². The van der Waals surface area contributed by atoms with Crippen molar-refractivity contribution >= 4 is 62.0 Å². The number of nitrogens with zero attached hydrogens (tertiary/aromatic N) is 2. The lowest BCUT2D eigenvalue weighted by Gasteiger charge is -2.38. The average molecular weight is 522 g/mol. The predicted molar refractivity (Wildman–Crippen MR) is 175 cm³/mol. The van der Waals surface area contributed by atoms with Crippen LogP contribution in [0.3, 0.4) is 0 Å². The maximum Gasteiger partial charge on any atom is 0.248 e. The number of benzene rings is 6. The van der Waals surface area contributed by atoms with Crippen LogP contribution in [0.25, 0.3) is 38.6 Å². The molecule has 0 aliphatic carbocycles. The molecule has 0 unspecified atom stereocenters. The fourth-order valence-corrected chi connectivity index (χ4v) is 7.54. The minimum Gasteiger partial charge on any atom is -0.311 e. The van der Waals surface area contributed by atoms with Gasteiger partial charge in [-0.25, -0.2) is 0 Å². The third-order valence-corrected chi connectivity index (χ3v) is 9.23. The zero-order valence-electron chi connectivity index (χ0n) is 23.1. The van der Waals surface area contributed by atoms with Gasteiger partial charge in [-0.05, 0) is 77.4 Å². The van der Waals surface area contributed by atoms with E-state index < -0.39 is 0 Å². The van der Waals surface area contributed by atoms with Gasteiger partial charge in [0.15, 0.2) is 0 Å². The van der Waals surface area contributed by atoms with Gasteiger partial charge in [0.2, 0.25) is 6.71 Å². The van der Waals surface area contributed by atoms with E-state index in [0.717, 1.165) is 0 Å². The maximum absolute atomic E-state index is 2.54. The predicted octanol–water partition coefficient (Wildman–Crippen LogP) is 7.68. The largest absolute Gasteiger partial charge is 0.311 e. The van der Waals surface area contributed by atoms with E-state index in [4.69, 9.17) is 0 Å². The van der Waals surface area contributed by atoms with Gasteiger partial charge in [-0.3, -0.25) is 0 Å². The molecule has 7 aromatic rings. The van der Waals surface area contributed by atoms with Crippen LogP contribution in [0, 0.1) is 13.8 Å². The van der Waals surface area contributed by atoms with Gasteiger partial charge in [-0.15, -0.1) is 0 Å². The second kappa shape index (κ2) is 8.25. The van der Waals surface area contributed by atoms with Crippen LogP contribution >= 0.6 is 0 Å². The first-order valence-electron chi connectivity index (χ1n) is 14.4. The number of aromatic nitrogens is 1. The molecule has 0 N–H and O–H groups in total. The van der Waals surface area contributed by atoms with E-state index >= 15 is 0 Å². The Morgan fingerprint density at radius 3 is 1.93 bits per heavy atom. The van der Waals surface area contributed by atoms with E-state index in [0.29, 0.717) is 0 Å². The summed E-state index contributed by atoms with van der Waals surface area (Å²) in [6, 6.07) is 47.1. The standard InChI is InChI=1S/C38H27BN2/c1-24-12-3-8-19-33(24)41-36-23-26(40-34-20-9-5-15-28(34)29-16-6-10-21-35(29)40)22-30-27-14-4-7-17-31(27)39(37(30)36)32-18-11-13-25(2)38(32)41/h3-23H,1-2H3. The second-order valence-corrected chi connectivity index (χ2v) is 11.5. The van der Waals surface area contributed by atoms with Crippen molar-refractivity contribution in [2.75, 3.05) is 4.90 Å². The van der Waals surface area contributed by atoms with Crippen molar-refractivity contribution in [3.8, 4) is 16.8 Å². The van der Waals surface area contributed by atoms with E-state index in [1.807, 2.05) is 0 Å². The summed E-state index contributed by atoms with van der Waals surface area (Å²) in [5.41, 5.74) is 16.9. The molecule has 0 radical (unpaired) electrons. The Hall–Kier alpha value is -5.02. The summed E-state index contributed by atoms with van der Waals surface area (Å²) >= 11 is 0. The number of hydrogen-bond donors (Lipinski definition) is 0. The highest BCUT2D eigenvalue weighted by atomic mass is 15.2. The first-order chi connectivity index (χ1) is 20.2. The smallest absolute Gasteiger partial charge is 0.248 e. The van der Waals surface area contributed by atoms with E-state index in [9.17, 15) is 0 Å². The lowest BCUT2D eigenvalue weighted by atomic mass is 9.37. The van der Waals surface area contributed by atoms with Gasteiger partial charge >= 0.3 is 0 Å². The zero-order chi connectivity index (χ0) is 27.2. The lowest BCUT2D eigenvalue weighted by molar-refractivity contribution is 1.17. The number of rotatable bonds is 2. The van der Waals surface area contributed by atoms with Crippen molar-refractivity contribution in [2.24, 2.45) is 0 Å². The SMILES string of the molecule is Cc1ccccc1N1c2cc(-n3c4ccccc4c4ccccc43)cc3c2B(c2ccccc2-3)c2cccc(C)c21. The Bertz CT molecular complexity index is 2150. The van der Waals surface area contributed by atoms with Crippen LogP contribution < -0.4 is 21.3 Å². The fraction of sp³-hybridized carbons (Fsp3) is 0.0526. The molecule has 0 saturated carbocycles. The van der Waals surface area contributed by atoms with Gasteiger partial charge in [-0.1, -0.05) is 103 Å². The minimum atomic E-state index is 0.221. The van der Waals surface area contributed by atoms with Gasteiger partial charge < -0.3 is 9.47 Å². The molecule has 2 aliphatic rings. The van der Waals surface area contributed by atoms with E-state index in [2.05, 4.69) is 151 Å². The lowest BCUT2D eigenvalue weighted by Crippen LogP contribution is -2.55. The van der Waals surface area contributed by atoms with Crippen molar-refractivity contribution in [1.82, 2.24) is 4.57 Å². The monoisotopic (exact) mass is 522 g/mol. The van der Waals surface area contributed by atoms with Crippen molar-refractivity contribution in [3.05, 3.63) is 139 Å². The van der Waals surface area contributed by atoms with Gasteiger partial charge in [0.1, 0.15) is 0 Å². The average Bonchev–Trinajstić information content (AvgIpc) is 3.52.